The molecule has 0 radical (unpaired) electrons. The summed E-state index contributed by atoms with van der Waals surface area (Å²) in [5, 5.41) is 327. The minimum atomic E-state index is -3.35. The van der Waals surface area contributed by atoms with Gasteiger partial charge in [0.25, 0.3) is 5.79 Å². The Morgan fingerprint density at radius 1 is 0.328 bits per heavy atom. The van der Waals surface area contributed by atoms with Crippen LogP contribution in [0.2, 0.25) is 0 Å². The zero-order valence-electron chi connectivity index (χ0n) is 70.7. The van der Waals surface area contributed by atoms with Gasteiger partial charge in [-0.3, -0.25) is 24.0 Å². The van der Waals surface area contributed by atoms with Gasteiger partial charge in [0, 0.05) is 41.0 Å². The maximum atomic E-state index is 13.4. The lowest BCUT2D eigenvalue weighted by molar-refractivity contribution is -0.397. The van der Waals surface area contributed by atoms with Crippen LogP contribution in [0, 0.1) is 0 Å². The Labute approximate surface area is 741 Å². The van der Waals surface area contributed by atoms with Gasteiger partial charge in [-0.15, -0.1) is 0 Å². The van der Waals surface area contributed by atoms with E-state index in [9.17, 15) is 172 Å². The second-order valence-corrected chi connectivity index (χ2v) is 33.2. The minimum Gasteiger partial charge on any atom is -0.477 e. The number of aliphatic hydroxyl groups is 27. The molecule has 10 saturated heterocycles. The van der Waals surface area contributed by atoms with Crippen LogP contribution in [0.4, 0.5) is 0 Å². The molecular formula is C73H121N5O53. The highest BCUT2D eigenvalue weighted by atomic mass is 16.8. The van der Waals surface area contributed by atoms with Gasteiger partial charge < -0.3 is 260 Å². The first-order chi connectivity index (χ1) is 61.7. The van der Waals surface area contributed by atoms with Crippen molar-refractivity contribution >= 4 is 35.5 Å². The van der Waals surface area contributed by atoms with E-state index in [0.29, 0.717) is 0 Å². The Balaban J connectivity index is 0.983. The van der Waals surface area contributed by atoms with Gasteiger partial charge in [0.1, 0.15) is 232 Å². The number of hydrogen-bond donors (Lipinski definition) is 33. The molecule has 58 heteroatoms. The molecule has 10 aliphatic rings. The van der Waals surface area contributed by atoms with E-state index in [1.165, 1.54) is 6.92 Å². The van der Waals surface area contributed by atoms with Gasteiger partial charge in [-0.25, -0.2) is 4.79 Å². The van der Waals surface area contributed by atoms with Crippen LogP contribution in [-0.2, 0) is 119 Å². The van der Waals surface area contributed by atoms with Crippen molar-refractivity contribution in [2.24, 2.45) is 0 Å². The number of amides is 5. The molecule has 0 aromatic heterocycles. The van der Waals surface area contributed by atoms with Crippen LogP contribution in [0.3, 0.4) is 0 Å². The SMILES string of the molecule is CC(=O)N[C@@H]1[C@@H](O)[C@H](O[C@@H]2O[C@H](CO)[C@@H](O[C@@H]3O[C@H](CO[C@H]4O[C@H](CO)[C@@H](O)[C@H](O)[C@@H]4O[C@@H]4O[C@H](CO)[C@@H](O)[C@H](O[C@@H]5O[C@H](CO)[C@H](O)[C@H](O[C@]6(C(=O)O)C[C@H](O)[C@@H](NC(C)=O)[C@H]([C@H](O)[C@H](O)CO)O6)[C@H]5O)[C@H]4NC(C)=O)[C@@H](O)[C@H](O[C@H]4O[C@H](CO)[C@@H](O)[C@H](O)[C@@H]4O[C@@H]4O[C@H](CO)[C@@H](O)[C@H](O)[C@H]4NC(C)=O)[C@@H]3O)[C@H](O)[C@H]2NC(C)=O)[C@@H](CO[C@@H]2O[C@@H](C)[C@@H](O)[C@@H](O)[C@@H]2O)O[C@H]1O. The summed E-state index contributed by atoms with van der Waals surface area (Å²) < 4.78 is 113. The lowest BCUT2D eigenvalue weighted by atomic mass is 9.88. The standard InChI is InChI=1S/C73H121N5O53/c1-17-38(93)49(104)52(107)67(115-17)113-16-32-56(47(102)34(63(110)116-32)75-19(3)87)124-65-36(77-21(5)89)48(103)55(30(14-85)122-65)125-68-53(108)59(127-71-62(51(106)42(97)27(11-82)121-71)129-64-35(76-20(4)88)46(101)40(95)25(9-80)117-64)45(100)31(123-68)15-114-70-61(50(105)41(96)26(10-81)120-70)128-66-37(78-22(6)90)57(43(98)28(12-83)118-66)126-69-54(109)60(44(99)29(13-84)119-69)131-73(72(111)112)7-23(91)33(74-18(2)86)58(130-73)39(94)24(92)8-79/h17,23-71,79-85,91-110H,7-16H2,1-6H3,(H,74,86)(H,75,87)(H,76,88)(H,77,89)(H,78,90)(H,111,112)/t17-,23-,24+,25+,26+,27+,28+,29+,30+,31+,32+,33+,34+,35+,36+,37+,38+,39+,40+,41+,42+,43+,44-,45+,46+,47+,48+,49+,50-,51-,52-,53-,54+,55+,56+,57+,58+,59-,60-,61-,62-,63+,64-,65-,66-,67+,68-,69-,70-,71+,73-/m0/s1. The van der Waals surface area contributed by atoms with E-state index in [4.69, 9.17) is 90.0 Å². The Kier molecular flexibility index (Phi) is 38.4. The molecule has 756 valence electrons. The second kappa shape index (κ2) is 46.6. The first kappa shape index (κ1) is 108. The molecule has 0 bridgehead atoms. The topological polar surface area (TPSA) is 904 Å². The van der Waals surface area contributed by atoms with E-state index in [2.05, 4.69) is 26.6 Å². The summed E-state index contributed by atoms with van der Waals surface area (Å²) in [6.45, 7) is -4.72. The maximum Gasteiger partial charge on any atom is 0.364 e. The Hall–Kier alpha value is -5.02. The number of aliphatic carboxylic acids is 1. The van der Waals surface area contributed by atoms with E-state index in [-0.39, 0.29) is 0 Å². The summed E-state index contributed by atoms with van der Waals surface area (Å²) in [6.07, 6.45) is -99.1. The maximum absolute atomic E-state index is 13.4. The number of carboxylic acid groups (broad SMARTS) is 1. The van der Waals surface area contributed by atoms with Crippen molar-refractivity contribution in [1.82, 2.24) is 26.6 Å². The number of ether oxygens (including phenoxy) is 19. The third-order valence-electron chi connectivity index (χ3n) is 23.8. The van der Waals surface area contributed by atoms with Crippen LogP contribution < -0.4 is 26.6 Å². The fourth-order valence-corrected chi connectivity index (χ4v) is 16.9. The fourth-order valence-electron chi connectivity index (χ4n) is 16.9. The summed E-state index contributed by atoms with van der Waals surface area (Å²) in [6, 6.07) is -9.57. The molecule has 0 spiro atoms. The molecule has 0 saturated carbocycles. The lowest BCUT2D eigenvalue weighted by Gasteiger charge is -2.51. The normalized spacial score (nSPS) is 47.5. The van der Waals surface area contributed by atoms with E-state index < -0.39 is 414 Å². The van der Waals surface area contributed by atoms with Gasteiger partial charge >= 0.3 is 5.97 Å². The molecule has 10 rings (SSSR count). The number of nitrogens with one attached hydrogen (secondary N) is 5. The van der Waals surface area contributed by atoms with Crippen molar-refractivity contribution in [3.8, 4) is 0 Å². The first-order valence-corrected chi connectivity index (χ1v) is 41.6. The highest BCUT2D eigenvalue weighted by Crippen LogP contribution is 2.43. The average Bonchev–Trinajstić information content (AvgIpc) is 0.762. The molecular weight excluding hydrogens is 1790 g/mol. The molecule has 10 heterocycles. The Morgan fingerprint density at radius 2 is 0.695 bits per heavy atom. The number of carbonyl (C=O) groups is 6. The van der Waals surface area contributed by atoms with Crippen molar-refractivity contribution in [2.75, 3.05) is 59.5 Å². The number of carboxylic acids is 1. The molecule has 5 amide bonds. The van der Waals surface area contributed by atoms with Gasteiger partial charge in [-0.1, -0.05) is 0 Å². The Bertz CT molecular complexity index is 3670. The summed E-state index contributed by atoms with van der Waals surface area (Å²) >= 11 is 0. The van der Waals surface area contributed by atoms with Crippen molar-refractivity contribution in [2.45, 2.75) is 360 Å². The van der Waals surface area contributed by atoms with Crippen LogP contribution in [0.15, 0.2) is 0 Å². The van der Waals surface area contributed by atoms with Crippen molar-refractivity contribution in [3.05, 3.63) is 0 Å². The summed E-state index contributed by atoms with van der Waals surface area (Å²) in [5.41, 5.74) is 0. The largest absolute Gasteiger partial charge is 0.477 e. The van der Waals surface area contributed by atoms with E-state index in [0.717, 1.165) is 34.6 Å². The van der Waals surface area contributed by atoms with E-state index >= 15 is 0 Å². The van der Waals surface area contributed by atoms with E-state index in [1.807, 2.05) is 0 Å². The highest BCUT2D eigenvalue weighted by molar-refractivity contribution is 5.77. The van der Waals surface area contributed by atoms with Crippen LogP contribution in [0.5, 0.6) is 0 Å². The van der Waals surface area contributed by atoms with Gasteiger partial charge in [-0.05, 0) is 6.92 Å². The summed E-state index contributed by atoms with van der Waals surface area (Å²) in [7, 11) is 0. The van der Waals surface area contributed by atoms with Crippen LogP contribution in [-0.4, -0.2) is 550 Å². The molecule has 0 aromatic carbocycles. The van der Waals surface area contributed by atoms with Crippen molar-refractivity contribution in [1.29, 1.82) is 0 Å². The predicted molar refractivity (Wildman–Crippen MR) is 403 cm³/mol. The predicted octanol–water partition coefficient (Wildman–Crippen LogP) is -21.9. The third-order valence-corrected chi connectivity index (χ3v) is 23.8. The second-order valence-electron chi connectivity index (χ2n) is 33.2. The summed E-state index contributed by atoms with van der Waals surface area (Å²) in [4.78, 5) is 77.4. The van der Waals surface area contributed by atoms with Crippen molar-refractivity contribution < 1.29 is 262 Å². The molecule has 51 atom stereocenters. The number of rotatable bonds is 35. The fraction of sp³-hybridized carbons (Fsp3) is 0.918. The monoisotopic (exact) mass is 1920 g/mol. The number of carbonyl (C=O) groups excluding carboxylic acids is 5. The third kappa shape index (κ3) is 24.1. The minimum absolute atomic E-state index is 0.857. The number of aliphatic hydroxyl groups excluding tert-OH is 27. The number of hydrogen-bond acceptors (Lipinski definition) is 52. The van der Waals surface area contributed by atoms with Crippen molar-refractivity contribution in [3.63, 3.8) is 0 Å². The smallest absolute Gasteiger partial charge is 0.364 e. The molecule has 33 N–H and O–H groups in total. The summed E-state index contributed by atoms with van der Waals surface area (Å²) in [5.74, 6) is -10.3. The Morgan fingerprint density at radius 3 is 1.21 bits per heavy atom. The van der Waals surface area contributed by atoms with Crippen LogP contribution in [0.1, 0.15) is 48.0 Å². The van der Waals surface area contributed by atoms with Crippen LogP contribution >= 0.6 is 0 Å². The zero-order valence-corrected chi connectivity index (χ0v) is 70.7. The van der Waals surface area contributed by atoms with Gasteiger partial charge in [0.05, 0.1) is 77.7 Å². The quantitative estimate of drug-likeness (QED) is 0.0280. The zero-order chi connectivity index (χ0) is 96.9. The molecule has 10 fully saturated rings. The molecule has 10 aliphatic heterocycles. The average molecular weight is 1920 g/mol. The van der Waals surface area contributed by atoms with E-state index in [1.54, 1.807) is 0 Å². The molecule has 0 aromatic rings. The van der Waals surface area contributed by atoms with Gasteiger partial charge in [0.2, 0.25) is 29.5 Å². The van der Waals surface area contributed by atoms with Gasteiger partial charge in [0.15, 0.2) is 56.6 Å². The molecule has 131 heavy (non-hydrogen) atoms. The highest BCUT2D eigenvalue weighted by Gasteiger charge is 2.64. The molecule has 0 aliphatic carbocycles. The molecule has 0 unspecified atom stereocenters. The van der Waals surface area contributed by atoms with Crippen LogP contribution in [0.25, 0.3) is 0 Å². The lowest BCUT2D eigenvalue weighted by Crippen LogP contribution is -2.71. The molecule has 58 nitrogen and oxygen atoms in total. The first-order valence-electron chi connectivity index (χ1n) is 41.6. The van der Waals surface area contributed by atoms with Gasteiger partial charge in [-0.2, -0.15) is 0 Å².